The maximum atomic E-state index is 12.3. The summed E-state index contributed by atoms with van der Waals surface area (Å²) < 4.78 is 0. The fourth-order valence-electron chi connectivity index (χ4n) is 1.70. The second-order valence-corrected chi connectivity index (χ2v) is 4.88. The van der Waals surface area contributed by atoms with Crippen LogP contribution in [0.3, 0.4) is 0 Å². The molecule has 1 rings (SSSR count). The zero-order valence-electron chi connectivity index (χ0n) is 10.2. The highest BCUT2D eigenvalue weighted by atomic mass is 35.5. The van der Waals surface area contributed by atoms with E-state index in [1.165, 1.54) is 0 Å². The highest BCUT2D eigenvalue weighted by molar-refractivity contribution is 7.80. The van der Waals surface area contributed by atoms with E-state index in [-0.39, 0.29) is 5.91 Å². The summed E-state index contributed by atoms with van der Waals surface area (Å²) in [5, 5.41) is 0.491. The molecule has 0 N–H and O–H groups in total. The van der Waals surface area contributed by atoms with Crippen molar-refractivity contribution in [2.75, 3.05) is 13.1 Å². The summed E-state index contributed by atoms with van der Waals surface area (Å²) in [6.07, 6.45) is 1.90. The van der Waals surface area contributed by atoms with E-state index >= 15 is 0 Å². The van der Waals surface area contributed by atoms with Crippen LogP contribution in [0.2, 0.25) is 5.02 Å². The fourth-order valence-corrected chi connectivity index (χ4v) is 2.10. The van der Waals surface area contributed by atoms with E-state index in [1.807, 2.05) is 4.90 Å². The van der Waals surface area contributed by atoms with Crippen molar-refractivity contribution < 1.29 is 4.79 Å². The Balaban J connectivity index is 2.95. The number of benzene rings is 1. The zero-order chi connectivity index (χ0) is 12.8. The second kappa shape index (κ2) is 6.92. The minimum atomic E-state index is -0.00500. The molecular formula is C13H18ClNOS. The number of nitrogens with zero attached hydrogens (tertiary/aromatic N) is 1. The summed E-state index contributed by atoms with van der Waals surface area (Å²) in [6.45, 7) is 5.65. The molecule has 0 atom stereocenters. The molecule has 0 saturated carbocycles. The van der Waals surface area contributed by atoms with Gasteiger partial charge in [0.25, 0.3) is 5.91 Å². The number of halogens is 1. The summed E-state index contributed by atoms with van der Waals surface area (Å²) in [5.41, 5.74) is 0.543. The average molecular weight is 272 g/mol. The number of rotatable bonds is 5. The first-order valence-electron chi connectivity index (χ1n) is 5.88. The van der Waals surface area contributed by atoms with Crippen molar-refractivity contribution in [2.45, 2.75) is 31.6 Å². The first kappa shape index (κ1) is 14.4. The average Bonchev–Trinajstić information content (AvgIpc) is 2.31. The molecule has 0 aliphatic rings. The van der Waals surface area contributed by atoms with Crippen LogP contribution >= 0.6 is 24.2 Å². The van der Waals surface area contributed by atoms with E-state index in [0.717, 1.165) is 30.8 Å². The SMILES string of the molecule is CCCN(CCC)C(=O)c1cc(S)ccc1Cl. The quantitative estimate of drug-likeness (QED) is 0.806. The predicted octanol–water partition coefficient (Wildman–Crippen LogP) is 3.89. The van der Waals surface area contributed by atoms with E-state index in [9.17, 15) is 4.79 Å². The van der Waals surface area contributed by atoms with Crippen molar-refractivity contribution >= 4 is 30.1 Å². The van der Waals surface area contributed by atoms with E-state index in [0.29, 0.717) is 10.6 Å². The molecule has 0 spiro atoms. The third kappa shape index (κ3) is 3.93. The van der Waals surface area contributed by atoms with Gasteiger partial charge < -0.3 is 4.90 Å². The number of carbonyl (C=O) groups excluding carboxylic acids is 1. The van der Waals surface area contributed by atoms with Gasteiger partial charge in [0, 0.05) is 18.0 Å². The maximum Gasteiger partial charge on any atom is 0.255 e. The van der Waals surface area contributed by atoms with Crippen LogP contribution < -0.4 is 0 Å². The molecule has 0 bridgehead atoms. The molecule has 1 amide bonds. The molecule has 0 unspecified atom stereocenters. The minimum absolute atomic E-state index is 0.00500. The Morgan fingerprint density at radius 2 is 1.88 bits per heavy atom. The van der Waals surface area contributed by atoms with Crippen molar-refractivity contribution in [3.05, 3.63) is 28.8 Å². The molecule has 0 aromatic heterocycles. The molecule has 4 heteroatoms. The Hall–Kier alpha value is -0.670. The first-order chi connectivity index (χ1) is 8.10. The number of hydrogen-bond donors (Lipinski definition) is 1. The normalized spacial score (nSPS) is 10.4. The van der Waals surface area contributed by atoms with Gasteiger partial charge in [0.15, 0.2) is 0 Å². The number of amides is 1. The molecule has 94 valence electrons. The topological polar surface area (TPSA) is 20.3 Å². The third-order valence-corrected chi connectivity index (χ3v) is 3.06. The van der Waals surface area contributed by atoms with Crippen molar-refractivity contribution in [3.63, 3.8) is 0 Å². The molecule has 0 radical (unpaired) electrons. The van der Waals surface area contributed by atoms with E-state index in [4.69, 9.17) is 11.6 Å². The highest BCUT2D eigenvalue weighted by Gasteiger charge is 2.17. The molecule has 1 aromatic carbocycles. The van der Waals surface area contributed by atoms with Crippen LogP contribution in [0.1, 0.15) is 37.0 Å². The van der Waals surface area contributed by atoms with Crippen LogP contribution in [0.4, 0.5) is 0 Å². The zero-order valence-corrected chi connectivity index (χ0v) is 11.9. The van der Waals surface area contributed by atoms with Gasteiger partial charge in [-0.3, -0.25) is 4.79 Å². The lowest BCUT2D eigenvalue weighted by Crippen LogP contribution is -2.32. The number of hydrogen-bond acceptors (Lipinski definition) is 2. The molecule has 0 saturated heterocycles. The van der Waals surface area contributed by atoms with Crippen LogP contribution in [-0.2, 0) is 0 Å². The number of thiol groups is 1. The molecule has 0 heterocycles. The smallest absolute Gasteiger partial charge is 0.255 e. The van der Waals surface area contributed by atoms with Crippen LogP contribution in [-0.4, -0.2) is 23.9 Å². The fraction of sp³-hybridized carbons (Fsp3) is 0.462. The molecule has 0 fully saturated rings. The van der Waals surface area contributed by atoms with Crippen molar-refractivity contribution in [1.29, 1.82) is 0 Å². The van der Waals surface area contributed by atoms with Crippen LogP contribution in [0, 0.1) is 0 Å². The van der Waals surface area contributed by atoms with Gasteiger partial charge in [0.05, 0.1) is 10.6 Å². The monoisotopic (exact) mass is 271 g/mol. The van der Waals surface area contributed by atoms with Crippen LogP contribution in [0.25, 0.3) is 0 Å². The first-order valence-corrected chi connectivity index (χ1v) is 6.70. The van der Waals surface area contributed by atoms with Gasteiger partial charge in [0.1, 0.15) is 0 Å². The summed E-state index contributed by atoms with van der Waals surface area (Å²) in [6, 6.07) is 5.23. The summed E-state index contributed by atoms with van der Waals surface area (Å²) in [4.78, 5) is 14.9. The minimum Gasteiger partial charge on any atom is -0.339 e. The molecule has 17 heavy (non-hydrogen) atoms. The summed E-state index contributed by atoms with van der Waals surface area (Å²) >= 11 is 10.3. The Kier molecular flexibility index (Phi) is 5.86. The molecule has 1 aromatic rings. The predicted molar refractivity (Wildman–Crippen MR) is 75.2 cm³/mol. The van der Waals surface area contributed by atoms with Gasteiger partial charge in [-0.2, -0.15) is 0 Å². The summed E-state index contributed by atoms with van der Waals surface area (Å²) in [7, 11) is 0. The van der Waals surface area contributed by atoms with Gasteiger partial charge in [-0.15, -0.1) is 12.6 Å². The van der Waals surface area contributed by atoms with Crippen LogP contribution in [0.5, 0.6) is 0 Å². The Labute approximate surface area is 113 Å². The van der Waals surface area contributed by atoms with Gasteiger partial charge in [-0.05, 0) is 31.0 Å². The molecule has 0 aliphatic carbocycles. The largest absolute Gasteiger partial charge is 0.339 e. The third-order valence-electron chi connectivity index (χ3n) is 2.45. The van der Waals surface area contributed by atoms with Crippen LogP contribution in [0.15, 0.2) is 23.1 Å². The van der Waals surface area contributed by atoms with Crippen molar-refractivity contribution in [1.82, 2.24) is 4.90 Å². The lowest BCUT2D eigenvalue weighted by molar-refractivity contribution is 0.0755. The van der Waals surface area contributed by atoms with Gasteiger partial charge in [-0.25, -0.2) is 0 Å². The maximum absolute atomic E-state index is 12.3. The summed E-state index contributed by atoms with van der Waals surface area (Å²) in [5.74, 6) is -0.00500. The number of carbonyl (C=O) groups is 1. The van der Waals surface area contributed by atoms with Gasteiger partial charge in [-0.1, -0.05) is 25.4 Å². The molecule has 0 aliphatic heterocycles. The lowest BCUT2D eigenvalue weighted by atomic mass is 10.2. The van der Waals surface area contributed by atoms with Gasteiger partial charge >= 0.3 is 0 Å². The Bertz CT molecular complexity index is 389. The molecule has 2 nitrogen and oxygen atoms in total. The second-order valence-electron chi connectivity index (χ2n) is 3.96. The van der Waals surface area contributed by atoms with E-state index < -0.39 is 0 Å². The molecular weight excluding hydrogens is 254 g/mol. The van der Waals surface area contributed by atoms with E-state index in [1.54, 1.807) is 18.2 Å². The lowest BCUT2D eigenvalue weighted by Gasteiger charge is -2.22. The standard InChI is InChI=1S/C13H18ClNOS/c1-3-7-15(8-4-2)13(16)11-9-10(17)5-6-12(11)14/h5-6,9,17H,3-4,7-8H2,1-2H3. The van der Waals surface area contributed by atoms with Gasteiger partial charge in [0.2, 0.25) is 0 Å². The Morgan fingerprint density at radius 1 is 1.29 bits per heavy atom. The highest BCUT2D eigenvalue weighted by Crippen LogP contribution is 2.21. The van der Waals surface area contributed by atoms with E-state index in [2.05, 4.69) is 26.5 Å². The Morgan fingerprint density at radius 3 is 2.41 bits per heavy atom. The van der Waals surface area contributed by atoms with Crippen molar-refractivity contribution in [2.24, 2.45) is 0 Å². The van der Waals surface area contributed by atoms with Crippen molar-refractivity contribution in [3.8, 4) is 0 Å².